The fraction of sp³-hybridized carbons (Fsp3) is 0.545. The average Bonchev–Trinajstić information content (AvgIpc) is 2.20. The van der Waals surface area contributed by atoms with Crippen LogP contribution in [0.2, 0.25) is 0 Å². The zero-order chi connectivity index (χ0) is 9.10. The summed E-state index contributed by atoms with van der Waals surface area (Å²) in [6.45, 7) is 3.31. The largest absolute Gasteiger partial charge is 0.310 e. The van der Waals surface area contributed by atoms with E-state index in [2.05, 4.69) is 23.3 Å². The highest BCUT2D eigenvalue weighted by molar-refractivity contribution is 5.25. The SMILES string of the molecule is Cc1ccncc1[C@@H]1CCCCN1. The van der Waals surface area contributed by atoms with Crippen molar-refractivity contribution < 1.29 is 0 Å². The Morgan fingerprint density at radius 2 is 2.38 bits per heavy atom. The quantitative estimate of drug-likeness (QED) is 0.709. The minimum atomic E-state index is 0.544. The highest BCUT2D eigenvalue weighted by Crippen LogP contribution is 2.24. The maximum absolute atomic E-state index is 4.18. The van der Waals surface area contributed by atoms with Gasteiger partial charge in [-0.05, 0) is 43.5 Å². The van der Waals surface area contributed by atoms with Crippen LogP contribution in [-0.4, -0.2) is 11.5 Å². The number of rotatable bonds is 1. The molecule has 2 heteroatoms. The van der Waals surface area contributed by atoms with Crippen LogP contribution >= 0.6 is 0 Å². The molecule has 0 bridgehead atoms. The van der Waals surface area contributed by atoms with Crippen molar-refractivity contribution in [2.24, 2.45) is 0 Å². The molecule has 0 aromatic carbocycles. The smallest absolute Gasteiger partial charge is 0.0338 e. The molecule has 70 valence electrons. The maximum Gasteiger partial charge on any atom is 0.0338 e. The van der Waals surface area contributed by atoms with Gasteiger partial charge in [-0.25, -0.2) is 0 Å². The summed E-state index contributed by atoms with van der Waals surface area (Å²) in [7, 11) is 0. The Hall–Kier alpha value is -0.890. The molecule has 1 aromatic heterocycles. The van der Waals surface area contributed by atoms with Crippen molar-refractivity contribution in [3.8, 4) is 0 Å². The highest BCUT2D eigenvalue weighted by Gasteiger charge is 2.15. The first-order chi connectivity index (χ1) is 6.38. The maximum atomic E-state index is 4.18. The van der Waals surface area contributed by atoms with Crippen molar-refractivity contribution in [2.45, 2.75) is 32.2 Å². The van der Waals surface area contributed by atoms with Crippen molar-refractivity contribution in [1.82, 2.24) is 10.3 Å². The zero-order valence-electron chi connectivity index (χ0n) is 8.09. The van der Waals surface area contributed by atoms with E-state index in [9.17, 15) is 0 Å². The van der Waals surface area contributed by atoms with E-state index in [4.69, 9.17) is 0 Å². The van der Waals surface area contributed by atoms with Crippen LogP contribution in [0, 0.1) is 6.92 Å². The van der Waals surface area contributed by atoms with E-state index in [1.54, 1.807) is 0 Å². The Labute approximate surface area is 79.4 Å². The van der Waals surface area contributed by atoms with Gasteiger partial charge in [0.1, 0.15) is 0 Å². The van der Waals surface area contributed by atoms with E-state index in [1.807, 2.05) is 12.4 Å². The molecule has 1 N–H and O–H groups in total. The molecule has 1 aliphatic rings. The summed E-state index contributed by atoms with van der Waals surface area (Å²) in [5.74, 6) is 0. The molecule has 0 amide bonds. The number of hydrogen-bond acceptors (Lipinski definition) is 2. The van der Waals surface area contributed by atoms with Crippen molar-refractivity contribution in [1.29, 1.82) is 0 Å². The molecule has 0 radical (unpaired) electrons. The van der Waals surface area contributed by atoms with Crippen LogP contribution in [0.4, 0.5) is 0 Å². The molecule has 1 aromatic rings. The van der Waals surface area contributed by atoms with Gasteiger partial charge in [0.2, 0.25) is 0 Å². The Bertz CT molecular complexity index is 277. The molecule has 0 unspecified atom stereocenters. The summed E-state index contributed by atoms with van der Waals surface area (Å²) in [5.41, 5.74) is 2.73. The summed E-state index contributed by atoms with van der Waals surface area (Å²) < 4.78 is 0. The van der Waals surface area contributed by atoms with Crippen LogP contribution < -0.4 is 5.32 Å². The number of nitrogens with zero attached hydrogens (tertiary/aromatic N) is 1. The summed E-state index contributed by atoms with van der Waals surface area (Å²) >= 11 is 0. The Balaban J connectivity index is 2.18. The molecule has 2 nitrogen and oxygen atoms in total. The molecule has 0 saturated carbocycles. The van der Waals surface area contributed by atoms with Crippen molar-refractivity contribution in [3.63, 3.8) is 0 Å². The van der Waals surface area contributed by atoms with E-state index in [-0.39, 0.29) is 0 Å². The van der Waals surface area contributed by atoms with Gasteiger partial charge in [0.05, 0.1) is 0 Å². The van der Waals surface area contributed by atoms with Gasteiger partial charge >= 0.3 is 0 Å². The van der Waals surface area contributed by atoms with Gasteiger partial charge in [0.25, 0.3) is 0 Å². The zero-order valence-corrected chi connectivity index (χ0v) is 8.09. The summed E-state index contributed by atoms with van der Waals surface area (Å²) in [5, 5.41) is 3.54. The van der Waals surface area contributed by atoms with E-state index in [0.717, 1.165) is 6.54 Å². The highest BCUT2D eigenvalue weighted by atomic mass is 14.9. The lowest BCUT2D eigenvalue weighted by atomic mass is 9.96. The van der Waals surface area contributed by atoms with Crippen LogP contribution in [-0.2, 0) is 0 Å². The first-order valence-corrected chi connectivity index (χ1v) is 5.02. The van der Waals surface area contributed by atoms with Crippen LogP contribution in [0.5, 0.6) is 0 Å². The Kier molecular flexibility index (Phi) is 2.60. The molecule has 0 aliphatic carbocycles. The molecular weight excluding hydrogens is 160 g/mol. The van der Waals surface area contributed by atoms with Crippen molar-refractivity contribution >= 4 is 0 Å². The van der Waals surface area contributed by atoms with Crippen LogP contribution in [0.15, 0.2) is 18.5 Å². The predicted molar refractivity (Wildman–Crippen MR) is 53.6 cm³/mol. The van der Waals surface area contributed by atoms with E-state index in [0.29, 0.717) is 6.04 Å². The number of hydrogen-bond donors (Lipinski definition) is 1. The van der Waals surface area contributed by atoms with Gasteiger partial charge in [-0.2, -0.15) is 0 Å². The molecule has 13 heavy (non-hydrogen) atoms. The molecule has 1 fully saturated rings. The lowest BCUT2D eigenvalue weighted by Crippen LogP contribution is -2.27. The van der Waals surface area contributed by atoms with E-state index in [1.165, 1.54) is 30.4 Å². The molecule has 1 aliphatic heterocycles. The number of piperidine rings is 1. The first-order valence-electron chi connectivity index (χ1n) is 5.02. The van der Waals surface area contributed by atoms with Gasteiger partial charge in [-0.1, -0.05) is 6.42 Å². The minimum Gasteiger partial charge on any atom is -0.310 e. The molecular formula is C11H16N2. The Morgan fingerprint density at radius 1 is 1.46 bits per heavy atom. The monoisotopic (exact) mass is 176 g/mol. The molecule has 1 atom stereocenters. The van der Waals surface area contributed by atoms with Gasteiger partial charge in [-0.15, -0.1) is 0 Å². The number of aromatic nitrogens is 1. The van der Waals surface area contributed by atoms with Gasteiger partial charge in [-0.3, -0.25) is 4.98 Å². The second-order valence-corrected chi connectivity index (χ2v) is 3.73. The fourth-order valence-electron chi connectivity index (χ4n) is 1.96. The lowest BCUT2D eigenvalue weighted by molar-refractivity contribution is 0.410. The molecule has 1 saturated heterocycles. The van der Waals surface area contributed by atoms with Gasteiger partial charge < -0.3 is 5.32 Å². The predicted octanol–water partition coefficient (Wildman–Crippen LogP) is 2.20. The molecule has 2 rings (SSSR count). The van der Waals surface area contributed by atoms with E-state index >= 15 is 0 Å². The Morgan fingerprint density at radius 3 is 3.08 bits per heavy atom. The van der Waals surface area contributed by atoms with Crippen molar-refractivity contribution in [3.05, 3.63) is 29.6 Å². The van der Waals surface area contributed by atoms with Gasteiger partial charge in [0, 0.05) is 18.4 Å². The number of nitrogens with one attached hydrogen (secondary N) is 1. The second kappa shape index (κ2) is 3.88. The van der Waals surface area contributed by atoms with Crippen LogP contribution in [0.1, 0.15) is 36.4 Å². The van der Waals surface area contributed by atoms with Crippen LogP contribution in [0.3, 0.4) is 0 Å². The summed E-state index contributed by atoms with van der Waals surface area (Å²) in [6.07, 6.45) is 7.77. The van der Waals surface area contributed by atoms with Crippen LogP contribution in [0.25, 0.3) is 0 Å². The summed E-state index contributed by atoms with van der Waals surface area (Å²) in [4.78, 5) is 4.18. The third-order valence-electron chi connectivity index (χ3n) is 2.77. The third kappa shape index (κ3) is 1.89. The standard InChI is InChI=1S/C11H16N2/c1-9-5-7-12-8-10(9)11-4-2-3-6-13-11/h5,7-8,11,13H,2-4,6H2,1H3/t11-/m0/s1. The average molecular weight is 176 g/mol. The molecule has 2 heterocycles. The number of aryl methyl sites for hydroxylation is 1. The normalized spacial score (nSPS) is 23.0. The second-order valence-electron chi connectivity index (χ2n) is 3.73. The number of pyridine rings is 1. The minimum absolute atomic E-state index is 0.544. The van der Waals surface area contributed by atoms with Gasteiger partial charge in [0.15, 0.2) is 0 Å². The fourth-order valence-corrected chi connectivity index (χ4v) is 1.96. The first kappa shape index (κ1) is 8.70. The van der Waals surface area contributed by atoms with E-state index < -0.39 is 0 Å². The summed E-state index contributed by atoms with van der Waals surface area (Å²) in [6, 6.07) is 2.63. The lowest BCUT2D eigenvalue weighted by Gasteiger charge is -2.24. The third-order valence-corrected chi connectivity index (χ3v) is 2.77. The van der Waals surface area contributed by atoms with Crippen molar-refractivity contribution in [2.75, 3.05) is 6.54 Å². The topological polar surface area (TPSA) is 24.9 Å². The molecule has 0 spiro atoms.